The first-order valence-electron chi connectivity index (χ1n) is 13.2. The number of nitrogens with one attached hydrogen (secondary N) is 2. The van der Waals surface area contributed by atoms with Crippen LogP contribution in [0.25, 0.3) is 0 Å². The van der Waals surface area contributed by atoms with Gasteiger partial charge in [0.15, 0.2) is 0 Å². The Labute approximate surface area is 240 Å². The molecule has 40 heavy (non-hydrogen) atoms. The number of hydrogen-bond acceptors (Lipinski definition) is 8. The Bertz CT molecular complexity index is 1540. The maximum Gasteiger partial charge on any atom is 0.264 e. The van der Waals surface area contributed by atoms with E-state index >= 15 is 0 Å². The third-order valence-electron chi connectivity index (χ3n) is 7.07. The minimum Gasteiger partial charge on any atom is -0.325 e. The van der Waals surface area contributed by atoms with Gasteiger partial charge in [0.05, 0.1) is 15.7 Å². The van der Waals surface area contributed by atoms with Crippen molar-refractivity contribution in [1.29, 1.82) is 5.26 Å². The molecule has 3 aromatic rings. The molecular weight excluding hydrogens is 544 g/mol. The lowest BCUT2D eigenvalue weighted by atomic mass is 9.71. The maximum atomic E-state index is 13.2. The zero-order valence-corrected chi connectivity index (χ0v) is 25.0. The SMILES string of the molecule is CCC(Sc1nc2c(cc1C#N)CC(C(C)(C)C)CC2)C(=O)Nc1ccc(S(=O)(=O)Nc2nccc(C)n2)cc1. The molecule has 0 spiro atoms. The molecule has 0 bridgehead atoms. The Hall–Kier alpha value is -3.49. The third-order valence-corrected chi connectivity index (χ3v) is 9.78. The molecule has 0 fully saturated rings. The molecule has 2 N–H and O–H groups in total. The molecular formula is C29H34N6O3S2. The second kappa shape index (κ2) is 11.9. The van der Waals surface area contributed by atoms with Crippen molar-refractivity contribution in [3.63, 3.8) is 0 Å². The number of thioether (sulfide) groups is 1. The van der Waals surface area contributed by atoms with Gasteiger partial charge in [-0.05, 0) is 85.9 Å². The zero-order chi connectivity index (χ0) is 29.1. The van der Waals surface area contributed by atoms with Crippen molar-refractivity contribution in [1.82, 2.24) is 15.0 Å². The van der Waals surface area contributed by atoms with Crippen molar-refractivity contribution in [3.05, 3.63) is 65.1 Å². The molecule has 2 aromatic heterocycles. The quantitative estimate of drug-likeness (QED) is 0.334. The Morgan fingerprint density at radius 2 is 1.93 bits per heavy atom. The highest BCUT2D eigenvalue weighted by molar-refractivity contribution is 8.00. The van der Waals surface area contributed by atoms with Crippen molar-refractivity contribution >= 4 is 39.3 Å². The lowest BCUT2D eigenvalue weighted by Crippen LogP contribution is -2.28. The van der Waals surface area contributed by atoms with Gasteiger partial charge in [-0.3, -0.25) is 4.79 Å². The van der Waals surface area contributed by atoms with Gasteiger partial charge in [-0.1, -0.05) is 39.5 Å². The van der Waals surface area contributed by atoms with Gasteiger partial charge in [0.2, 0.25) is 11.9 Å². The fourth-order valence-electron chi connectivity index (χ4n) is 4.63. The van der Waals surface area contributed by atoms with E-state index in [2.05, 4.69) is 46.8 Å². The highest BCUT2D eigenvalue weighted by Gasteiger charge is 2.31. The second-order valence-electron chi connectivity index (χ2n) is 11.0. The molecule has 1 amide bonds. The maximum absolute atomic E-state index is 13.2. The molecule has 1 aliphatic carbocycles. The van der Waals surface area contributed by atoms with Crippen molar-refractivity contribution in [2.24, 2.45) is 11.3 Å². The van der Waals surface area contributed by atoms with Crippen LogP contribution in [0.5, 0.6) is 0 Å². The largest absolute Gasteiger partial charge is 0.325 e. The van der Waals surface area contributed by atoms with E-state index in [0.29, 0.717) is 34.3 Å². The number of rotatable bonds is 8. The zero-order valence-electron chi connectivity index (χ0n) is 23.4. The van der Waals surface area contributed by atoms with E-state index in [4.69, 9.17) is 4.98 Å². The number of amides is 1. The molecule has 0 saturated heterocycles. The first kappa shape index (κ1) is 29.5. The van der Waals surface area contributed by atoms with Gasteiger partial charge >= 0.3 is 0 Å². The van der Waals surface area contributed by atoms with E-state index in [1.54, 1.807) is 13.0 Å². The summed E-state index contributed by atoms with van der Waals surface area (Å²) < 4.78 is 27.8. The summed E-state index contributed by atoms with van der Waals surface area (Å²) in [5, 5.41) is 12.8. The number of aryl methyl sites for hydroxylation is 2. The predicted octanol–water partition coefficient (Wildman–Crippen LogP) is 5.51. The number of sulfonamides is 1. The topological polar surface area (TPSA) is 138 Å². The van der Waals surface area contributed by atoms with E-state index in [1.807, 2.05) is 13.0 Å². The summed E-state index contributed by atoms with van der Waals surface area (Å²) in [6, 6.07) is 11.8. The lowest BCUT2D eigenvalue weighted by Gasteiger charge is -2.34. The summed E-state index contributed by atoms with van der Waals surface area (Å²) >= 11 is 1.29. The van der Waals surface area contributed by atoms with Gasteiger partial charge in [-0.25, -0.2) is 28.1 Å². The molecule has 2 unspecified atom stereocenters. The highest BCUT2D eigenvalue weighted by Crippen LogP contribution is 2.38. The molecule has 0 aliphatic heterocycles. The van der Waals surface area contributed by atoms with Gasteiger partial charge in [0.1, 0.15) is 11.1 Å². The van der Waals surface area contributed by atoms with E-state index in [9.17, 15) is 18.5 Å². The summed E-state index contributed by atoms with van der Waals surface area (Å²) in [5.74, 6) is 0.279. The molecule has 2 atom stereocenters. The van der Waals surface area contributed by atoms with Gasteiger partial charge in [0.25, 0.3) is 10.0 Å². The Morgan fingerprint density at radius 1 is 1.20 bits per heavy atom. The molecule has 1 aliphatic rings. The van der Waals surface area contributed by atoms with Crippen LogP contribution in [0.3, 0.4) is 0 Å². The number of benzene rings is 1. The number of aromatic nitrogens is 3. The molecule has 210 valence electrons. The standard InChI is InChI=1S/C29H34N6O3S2/c1-6-25(39-27-20(17-30)15-19-16-21(29(3,4)5)7-12-24(19)34-27)26(36)33-22-8-10-23(11-9-22)40(37,38)35-28-31-14-13-18(2)32-28/h8-11,13-15,21,25H,6-7,12,16H2,1-5H3,(H,33,36)(H,31,32,35). The third kappa shape index (κ3) is 6.98. The fraction of sp³-hybridized carbons (Fsp3) is 0.414. The van der Waals surface area contributed by atoms with Crippen LogP contribution in [0, 0.1) is 29.6 Å². The van der Waals surface area contributed by atoms with Crippen LogP contribution >= 0.6 is 11.8 Å². The van der Waals surface area contributed by atoms with Crippen LogP contribution in [0.1, 0.15) is 63.1 Å². The van der Waals surface area contributed by atoms with Crippen LogP contribution in [0.15, 0.2) is 52.5 Å². The summed E-state index contributed by atoms with van der Waals surface area (Å²) in [6.45, 7) is 10.4. The Morgan fingerprint density at radius 3 is 2.55 bits per heavy atom. The van der Waals surface area contributed by atoms with Crippen LogP contribution in [-0.4, -0.2) is 34.5 Å². The predicted molar refractivity (Wildman–Crippen MR) is 157 cm³/mol. The van der Waals surface area contributed by atoms with Crippen molar-refractivity contribution in [2.45, 2.75) is 75.5 Å². The molecule has 2 heterocycles. The van der Waals surface area contributed by atoms with Crippen LogP contribution in [0.2, 0.25) is 0 Å². The summed E-state index contributed by atoms with van der Waals surface area (Å²) in [5.41, 5.74) is 3.92. The minimum atomic E-state index is -3.89. The van der Waals surface area contributed by atoms with E-state index in [1.165, 1.54) is 42.2 Å². The molecule has 9 nitrogen and oxygen atoms in total. The number of pyridine rings is 1. The average Bonchev–Trinajstić information content (AvgIpc) is 2.90. The number of anilines is 2. The summed E-state index contributed by atoms with van der Waals surface area (Å²) in [6.07, 6.45) is 4.82. The molecule has 0 saturated carbocycles. The van der Waals surface area contributed by atoms with Crippen molar-refractivity contribution in [3.8, 4) is 6.07 Å². The van der Waals surface area contributed by atoms with E-state index in [-0.39, 0.29) is 22.2 Å². The van der Waals surface area contributed by atoms with Gasteiger partial charge < -0.3 is 5.32 Å². The monoisotopic (exact) mass is 578 g/mol. The van der Waals surface area contributed by atoms with Crippen LogP contribution in [-0.2, 0) is 27.7 Å². The second-order valence-corrected chi connectivity index (χ2v) is 13.9. The number of nitriles is 1. The Balaban J connectivity index is 1.45. The minimum absolute atomic E-state index is 0.0123. The molecule has 4 rings (SSSR count). The van der Waals surface area contributed by atoms with Crippen molar-refractivity contribution < 1.29 is 13.2 Å². The first-order valence-corrected chi connectivity index (χ1v) is 15.6. The molecule has 11 heteroatoms. The van der Waals surface area contributed by atoms with E-state index in [0.717, 1.165) is 30.5 Å². The summed E-state index contributed by atoms with van der Waals surface area (Å²) in [4.78, 5) is 26.0. The fourth-order valence-corrected chi connectivity index (χ4v) is 6.58. The highest BCUT2D eigenvalue weighted by atomic mass is 32.2. The number of hydrogen-bond donors (Lipinski definition) is 2. The summed E-state index contributed by atoms with van der Waals surface area (Å²) in [7, 11) is -3.89. The average molecular weight is 579 g/mol. The van der Waals surface area contributed by atoms with Gasteiger partial charge in [0, 0.05) is 23.3 Å². The lowest BCUT2D eigenvalue weighted by molar-refractivity contribution is -0.115. The number of fused-ring (bicyclic) bond motifs is 1. The van der Waals surface area contributed by atoms with Crippen LogP contribution in [0.4, 0.5) is 11.6 Å². The number of carbonyl (C=O) groups excluding carboxylic acids is 1. The number of carbonyl (C=O) groups is 1. The van der Waals surface area contributed by atoms with Gasteiger partial charge in [-0.15, -0.1) is 0 Å². The molecule has 1 aromatic carbocycles. The molecule has 0 radical (unpaired) electrons. The number of nitrogens with zero attached hydrogens (tertiary/aromatic N) is 4. The van der Waals surface area contributed by atoms with E-state index < -0.39 is 15.3 Å². The van der Waals surface area contributed by atoms with Gasteiger partial charge in [-0.2, -0.15) is 5.26 Å². The smallest absolute Gasteiger partial charge is 0.264 e. The normalized spacial score (nSPS) is 15.9. The Kier molecular flexibility index (Phi) is 8.80. The van der Waals surface area contributed by atoms with Crippen LogP contribution < -0.4 is 10.0 Å². The van der Waals surface area contributed by atoms with Crippen molar-refractivity contribution in [2.75, 3.05) is 10.0 Å². The first-order chi connectivity index (χ1) is 18.9.